The van der Waals surface area contributed by atoms with E-state index in [1.54, 1.807) is 6.07 Å². The first-order chi connectivity index (χ1) is 7.72. The van der Waals surface area contributed by atoms with Crippen LogP contribution < -0.4 is 9.64 Å². The quantitative estimate of drug-likeness (QED) is 0.444. The van der Waals surface area contributed by atoms with E-state index in [4.69, 9.17) is 4.74 Å². The highest BCUT2D eigenvalue weighted by Crippen LogP contribution is 2.32. The molecule has 0 aromatic heterocycles. The standard InChI is InChI=1S/C11H12N2O3/c1-16-11-8-9(13(14)15)4-5-10(11)12-6-2-3-7-12/h2-5,8H,6-7H2,1H3. The molecule has 0 atom stereocenters. The summed E-state index contributed by atoms with van der Waals surface area (Å²) in [5.41, 5.74) is 0.936. The van der Waals surface area contributed by atoms with Crippen LogP contribution in [-0.4, -0.2) is 25.1 Å². The molecule has 0 unspecified atom stereocenters. The highest BCUT2D eigenvalue weighted by Gasteiger charge is 2.16. The van der Waals surface area contributed by atoms with E-state index in [1.807, 2.05) is 0 Å². The van der Waals surface area contributed by atoms with Crippen molar-refractivity contribution in [2.24, 2.45) is 0 Å². The molecule has 0 saturated heterocycles. The van der Waals surface area contributed by atoms with Crippen molar-refractivity contribution < 1.29 is 9.66 Å². The molecule has 0 amide bonds. The highest BCUT2D eigenvalue weighted by atomic mass is 16.6. The third-order valence-corrected chi connectivity index (χ3v) is 2.53. The van der Waals surface area contributed by atoms with E-state index < -0.39 is 4.92 Å². The number of benzene rings is 1. The van der Waals surface area contributed by atoms with Gasteiger partial charge in [-0.3, -0.25) is 10.1 Å². The van der Waals surface area contributed by atoms with Crippen LogP contribution in [0.3, 0.4) is 0 Å². The number of ether oxygens (including phenoxy) is 1. The van der Waals surface area contributed by atoms with E-state index >= 15 is 0 Å². The van der Waals surface area contributed by atoms with Gasteiger partial charge in [0.2, 0.25) is 0 Å². The molecule has 84 valence electrons. The Morgan fingerprint density at radius 3 is 2.62 bits per heavy atom. The summed E-state index contributed by atoms with van der Waals surface area (Å²) in [7, 11) is 1.52. The Bertz CT molecular complexity index is 435. The molecule has 0 aliphatic carbocycles. The Morgan fingerprint density at radius 1 is 1.38 bits per heavy atom. The van der Waals surface area contributed by atoms with Crippen molar-refractivity contribution >= 4 is 11.4 Å². The fourth-order valence-corrected chi connectivity index (χ4v) is 1.72. The lowest BCUT2D eigenvalue weighted by atomic mass is 10.2. The van der Waals surface area contributed by atoms with Gasteiger partial charge in [-0.25, -0.2) is 0 Å². The minimum Gasteiger partial charge on any atom is -0.494 e. The maximum absolute atomic E-state index is 10.6. The number of hydrogen-bond acceptors (Lipinski definition) is 4. The molecule has 0 bridgehead atoms. The first kappa shape index (κ1) is 10.5. The van der Waals surface area contributed by atoms with Gasteiger partial charge in [-0.1, -0.05) is 12.2 Å². The molecule has 0 saturated carbocycles. The molecule has 1 aliphatic rings. The maximum Gasteiger partial charge on any atom is 0.273 e. The molecule has 0 radical (unpaired) electrons. The Hall–Kier alpha value is -2.04. The summed E-state index contributed by atoms with van der Waals surface area (Å²) in [5, 5.41) is 10.6. The smallest absolute Gasteiger partial charge is 0.273 e. The number of non-ortho nitro benzene ring substituents is 1. The number of hydrogen-bond donors (Lipinski definition) is 0. The van der Waals surface area contributed by atoms with Gasteiger partial charge < -0.3 is 9.64 Å². The summed E-state index contributed by atoms with van der Waals surface area (Å²) in [6.07, 6.45) is 4.11. The Kier molecular flexibility index (Phi) is 2.76. The van der Waals surface area contributed by atoms with Crippen LogP contribution in [0.2, 0.25) is 0 Å². The van der Waals surface area contributed by atoms with Crippen LogP contribution in [0.15, 0.2) is 30.4 Å². The molecule has 0 N–H and O–H groups in total. The Balaban J connectivity index is 2.34. The fraction of sp³-hybridized carbons (Fsp3) is 0.273. The molecular formula is C11H12N2O3. The minimum atomic E-state index is -0.422. The number of methoxy groups -OCH3 is 1. The summed E-state index contributed by atoms with van der Waals surface area (Å²) in [5.74, 6) is 0.540. The average Bonchev–Trinajstić information content (AvgIpc) is 2.81. The molecular weight excluding hydrogens is 208 g/mol. The predicted molar refractivity (Wildman–Crippen MR) is 61.0 cm³/mol. The van der Waals surface area contributed by atoms with Gasteiger partial charge >= 0.3 is 0 Å². The second-order valence-corrected chi connectivity index (χ2v) is 3.49. The number of anilines is 1. The molecule has 1 aliphatic heterocycles. The molecule has 1 heterocycles. The van der Waals surface area contributed by atoms with Gasteiger partial charge in [0.15, 0.2) is 0 Å². The number of nitrogens with zero attached hydrogens (tertiary/aromatic N) is 2. The van der Waals surface area contributed by atoms with Crippen LogP contribution in [0.5, 0.6) is 5.75 Å². The summed E-state index contributed by atoms with van der Waals surface area (Å²) in [4.78, 5) is 12.3. The summed E-state index contributed by atoms with van der Waals surface area (Å²) < 4.78 is 5.17. The van der Waals surface area contributed by atoms with Gasteiger partial charge in [0.25, 0.3) is 5.69 Å². The Morgan fingerprint density at radius 2 is 2.06 bits per heavy atom. The lowest BCUT2D eigenvalue weighted by molar-refractivity contribution is -0.384. The van der Waals surface area contributed by atoms with Gasteiger partial charge in [-0.05, 0) is 6.07 Å². The topological polar surface area (TPSA) is 55.6 Å². The number of rotatable bonds is 3. The monoisotopic (exact) mass is 220 g/mol. The predicted octanol–water partition coefficient (Wildman–Crippen LogP) is 1.98. The second kappa shape index (κ2) is 4.22. The number of nitro benzene ring substituents is 1. The molecule has 5 nitrogen and oxygen atoms in total. The molecule has 5 heteroatoms. The zero-order valence-electron chi connectivity index (χ0n) is 8.92. The van der Waals surface area contributed by atoms with E-state index in [-0.39, 0.29) is 5.69 Å². The Labute approximate surface area is 93.1 Å². The van der Waals surface area contributed by atoms with Crippen molar-refractivity contribution in [3.63, 3.8) is 0 Å². The van der Waals surface area contributed by atoms with Gasteiger partial charge in [0, 0.05) is 19.2 Å². The summed E-state index contributed by atoms with van der Waals surface area (Å²) >= 11 is 0. The molecule has 0 fully saturated rings. The first-order valence-corrected chi connectivity index (χ1v) is 4.95. The van der Waals surface area contributed by atoms with Crippen molar-refractivity contribution in [2.45, 2.75) is 0 Å². The number of nitro groups is 1. The van der Waals surface area contributed by atoms with E-state index in [0.717, 1.165) is 18.8 Å². The van der Waals surface area contributed by atoms with Crippen molar-refractivity contribution in [3.05, 3.63) is 40.5 Å². The second-order valence-electron chi connectivity index (χ2n) is 3.49. The zero-order chi connectivity index (χ0) is 11.5. The molecule has 0 spiro atoms. The summed E-state index contributed by atoms with van der Waals surface area (Å²) in [6, 6.07) is 4.67. The van der Waals surface area contributed by atoms with Crippen LogP contribution in [0, 0.1) is 10.1 Å². The van der Waals surface area contributed by atoms with Crippen LogP contribution >= 0.6 is 0 Å². The molecule has 2 rings (SSSR count). The minimum absolute atomic E-state index is 0.0488. The van der Waals surface area contributed by atoms with E-state index in [2.05, 4.69) is 17.1 Å². The van der Waals surface area contributed by atoms with E-state index in [1.165, 1.54) is 19.2 Å². The van der Waals surface area contributed by atoms with E-state index in [0.29, 0.717) is 5.75 Å². The fourth-order valence-electron chi connectivity index (χ4n) is 1.72. The van der Waals surface area contributed by atoms with Gasteiger partial charge in [0.05, 0.1) is 23.8 Å². The van der Waals surface area contributed by atoms with Crippen LogP contribution in [0.25, 0.3) is 0 Å². The lowest BCUT2D eigenvalue weighted by Crippen LogP contribution is -2.19. The van der Waals surface area contributed by atoms with Gasteiger partial charge in [0.1, 0.15) is 5.75 Å². The lowest BCUT2D eigenvalue weighted by Gasteiger charge is -2.20. The third kappa shape index (κ3) is 1.84. The van der Waals surface area contributed by atoms with E-state index in [9.17, 15) is 10.1 Å². The van der Waals surface area contributed by atoms with Crippen LogP contribution in [0.1, 0.15) is 0 Å². The first-order valence-electron chi connectivity index (χ1n) is 4.95. The maximum atomic E-state index is 10.6. The largest absolute Gasteiger partial charge is 0.494 e. The van der Waals surface area contributed by atoms with Crippen LogP contribution in [0.4, 0.5) is 11.4 Å². The van der Waals surface area contributed by atoms with Crippen molar-refractivity contribution in [1.29, 1.82) is 0 Å². The zero-order valence-corrected chi connectivity index (χ0v) is 8.92. The van der Waals surface area contributed by atoms with Gasteiger partial charge in [-0.2, -0.15) is 0 Å². The van der Waals surface area contributed by atoms with Crippen molar-refractivity contribution in [1.82, 2.24) is 0 Å². The third-order valence-electron chi connectivity index (χ3n) is 2.53. The highest BCUT2D eigenvalue weighted by molar-refractivity contribution is 5.63. The van der Waals surface area contributed by atoms with Crippen LogP contribution in [-0.2, 0) is 0 Å². The summed E-state index contributed by atoms with van der Waals surface area (Å²) in [6.45, 7) is 1.63. The molecule has 1 aromatic rings. The normalized spacial score (nSPS) is 14.2. The molecule has 1 aromatic carbocycles. The SMILES string of the molecule is COc1cc([N+](=O)[O-])ccc1N1CC=CC1. The average molecular weight is 220 g/mol. The van der Waals surface area contributed by atoms with Crippen molar-refractivity contribution in [3.8, 4) is 5.75 Å². The molecule has 16 heavy (non-hydrogen) atoms. The van der Waals surface area contributed by atoms with Gasteiger partial charge in [-0.15, -0.1) is 0 Å². The van der Waals surface area contributed by atoms with Crippen molar-refractivity contribution in [2.75, 3.05) is 25.1 Å².